The third kappa shape index (κ3) is 18.5. The van der Waals surface area contributed by atoms with Gasteiger partial charge in [-0.05, 0) is 13.3 Å². The highest BCUT2D eigenvalue weighted by Crippen LogP contribution is 2.06. The Bertz CT molecular complexity index is 493. The zero-order valence-corrected chi connectivity index (χ0v) is 16.1. The van der Waals surface area contributed by atoms with Gasteiger partial charge in [-0.3, -0.25) is 4.79 Å². The summed E-state index contributed by atoms with van der Waals surface area (Å²) in [6.45, 7) is 4.84. The van der Waals surface area contributed by atoms with E-state index in [4.69, 9.17) is 0 Å². The molecular weight excluding hydrogens is 314 g/mol. The Morgan fingerprint density at radius 2 is 1.46 bits per heavy atom. The van der Waals surface area contributed by atoms with Crippen molar-refractivity contribution in [2.24, 2.45) is 0 Å². The SMILES string of the molecule is CCCCCCCCC#CCC#CCC#CCSCC(=O)NCC. The van der Waals surface area contributed by atoms with Crippen molar-refractivity contribution >= 4 is 17.7 Å². The van der Waals surface area contributed by atoms with Crippen LogP contribution in [0.5, 0.6) is 0 Å². The average molecular weight is 346 g/mol. The number of carbonyl (C=O) groups excluding carboxylic acids is 1. The van der Waals surface area contributed by atoms with Gasteiger partial charge in [0.05, 0.1) is 24.3 Å². The minimum atomic E-state index is 0.0728. The molecule has 0 saturated heterocycles. The predicted octanol–water partition coefficient (Wildman–Crippen LogP) is 4.40. The maximum Gasteiger partial charge on any atom is 0.230 e. The third-order valence-corrected chi connectivity index (χ3v) is 3.98. The first-order valence-corrected chi connectivity index (χ1v) is 10.2. The summed E-state index contributed by atoms with van der Waals surface area (Å²) in [7, 11) is 0. The summed E-state index contributed by atoms with van der Waals surface area (Å²) in [6.07, 6.45) is 10.1. The van der Waals surface area contributed by atoms with Crippen LogP contribution in [0.15, 0.2) is 0 Å². The molecule has 1 N–H and O–H groups in total. The van der Waals surface area contributed by atoms with E-state index in [0.717, 1.165) is 6.42 Å². The molecule has 0 aromatic heterocycles. The monoisotopic (exact) mass is 345 g/mol. The van der Waals surface area contributed by atoms with Crippen LogP contribution in [0, 0.1) is 35.5 Å². The Kier molecular flexibility index (Phi) is 18.3. The molecule has 3 heteroatoms. The molecule has 0 spiro atoms. The average Bonchev–Trinajstić information content (AvgIpc) is 2.58. The number of carbonyl (C=O) groups is 1. The smallest absolute Gasteiger partial charge is 0.230 e. The van der Waals surface area contributed by atoms with E-state index < -0.39 is 0 Å². The van der Waals surface area contributed by atoms with Gasteiger partial charge in [0, 0.05) is 13.0 Å². The van der Waals surface area contributed by atoms with Gasteiger partial charge in [0.1, 0.15) is 0 Å². The molecular formula is C21H31NOS. The molecule has 0 aliphatic carbocycles. The molecule has 1 amide bonds. The lowest BCUT2D eigenvalue weighted by atomic mass is 10.1. The lowest BCUT2D eigenvalue weighted by molar-refractivity contribution is -0.118. The number of hydrogen-bond acceptors (Lipinski definition) is 2. The zero-order chi connectivity index (χ0) is 17.7. The van der Waals surface area contributed by atoms with Gasteiger partial charge in [-0.1, -0.05) is 68.6 Å². The van der Waals surface area contributed by atoms with Crippen LogP contribution in [0.25, 0.3) is 0 Å². The van der Waals surface area contributed by atoms with E-state index in [1.54, 1.807) is 0 Å². The van der Waals surface area contributed by atoms with E-state index in [0.29, 0.717) is 30.9 Å². The summed E-state index contributed by atoms with van der Waals surface area (Å²) in [5.74, 6) is 19.6. The molecule has 0 unspecified atom stereocenters. The number of hydrogen-bond donors (Lipinski definition) is 1. The molecule has 0 fully saturated rings. The molecule has 0 rings (SSSR count). The quantitative estimate of drug-likeness (QED) is 0.470. The van der Waals surface area contributed by atoms with Gasteiger partial charge >= 0.3 is 0 Å². The second kappa shape index (κ2) is 19.5. The van der Waals surface area contributed by atoms with Crippen molar-refractivity contribution in [3.05, 3.63) is 0 Å². The van der Waals surface area contributed by atoms with Crippen LogP contribution in [0.1, 0.15) is 71.6 Å². The number of unbranched alkanes of at least 4 members (excludes halogenated alkanes) is 6. The maximum absolute atomic E-state index is 11.2. The normalized spacial score (nSPS) is 8.92. The number of nitrogens with one attached hydrogen (secondary N) is 1. The van der Waals surface area contributed by atoms with Crippen LogP contribution >= 0.6 is 11.8 Å². The van der Waals surface area contributed by atoms with E-state index in [1.165, 1.54) is 50.3 Å². The molecule has 0 saturated carbocycles. The summed E-state index contributed by atoms with van der Waals surface area (Å²) < 4.78 is 0. The summed E-state index contributed by atoms with van der Waals surface area (Å²) in [5, 5.41) is 2.76. The van der Waals surface area contributed by atoms with Crippen molar-refractivity contribution in [2.45, 2.75) is 71.6 Å². The van der Waals surface area contributed by atoms with Crippen LogP contribution in [-0.4, -0.2) is 24.0 Å². The highest BCUT2D eigenvalue weighted by Gasteiger charge is 1.96. The van der Waals surface area contributed by atoms with Crippen LogP contribution in [0.3, 0.4) is 0 Å². The van der Waals surface area contributed by atoms with Gasteiger partial charge in [0.15, 0.2) is 0 Å². The fraction of sp³-hybridized carbons (Fsp3) is 0.667. The first-order chi connectivity index (χ1) is 11.8. The summed E-state index contributed by atoms with van der Waals surface area (Å²) >= 11 is 1.53. The van der Waals surface area contributed by atoms with E-state index in [9.17, 15) is 4.79 Å². The number of amides is 1. The molecule has 0 radical (unpaired) electrons. The van der Waals surface area contributed by atoms with Gasteiger partial charge in [-0.15, -0.1) is 17.7 Å². The van der Waals surface area contributed by atoms with Gasteiger partial charge in [0.2, 0.25) is 5.91 Å². The minimum absolute atomic E-state index is 0.0728. The molecule has 0 bridgehead atoms. The lowest BCUT2D eigenvalue weighted by Crippen LogP contribution is -2.24. The third-order valence-electron chi connectivity index (χ3n) is 3.17. The zero-order valence-electron chi connectivity index (χ0n) is 15.3. The maximum atomic E-state index is 11.2. The standard InChI is InChI=1S/C21H31NOS/c1-3-5-6-7-8-9-10-11-12-13-14-15-16-17-18-19-24-20-21(23)22-4-2/h3-10,13,16,19-20H2,1-2H3,(H,22,23). The molecule has 0 aliphatic rings. The fourth-order valence-corrected chi connectivity index (χ4v) is 2.51. The van der Waals surface area contributed by atoms with E-state index >= 15 is 0 Å². The lowest BCUT2D eigenvalue weighted by Gasteiger charge is -1.98. The molecule has 0 aromatic carbocycles. The Balaban J connectivity index is 3.47. The number of rotatable bonds is 10. The van der Waals surface area contributed by atoms with E-state index in [1.807, 2.05) is 6.92 Å². The first-order valence-electron chi connectivity index (χ1n) is 9.02. The van der Waals surface area contributed by atoms with Crippen molar-refractivity contribution in [3.8, 4) is 35.5 Å². The molecule has 0 aromatic rings. The van der Waals surface area contributed by atoms with Gasteiger partial charge in [-0.2, -0.15) is 0 Å². The van der Waals surface area contributed by atoms with Crippen LogP contribution in [0.2, 0.25) is 0 Å². The van der Waals surface area contributed by atoms with Crippen molar-refractivity contribution in [1.29, 1.82) is 0 Å². The van der Waals surface area contributed by atoms with Crippen LogP contribution in [-0.2, 0) is 4.79 Å². The molecule has 132 valence electrons. The van der Waals surface area contributed by atoms with Crippen molar-refractivity contribution in [2.75, 3.05) is 18.1 Å². The van der Waals surface area contributed by atoms with Crippen molar-refractivity contribution in [1.82, 2.24) is 5.32 Å². The first kappa shape index (κ1) is 22.5. The highest BCUT2D eigenvalue weighted by atomic mass is 32.2. The second-order valence-corrected chi connectivity index (χ2v) is 6.36. The fourth-order valence-electron chi connectivity index (χ4n) is 1.91. The van der Waals surface area contributed by atoms with E-state index in [-0.39, 0.29) is 5.91 Å². The van der Waals surface area contributed by atoms with Gasteiger partial charge in [-0.25, -0.2) is 0 Å². The van der Waals surface area contributed by atoms with E-state index in [2.05, 4.69) is 47.8 Å². The Hall–Kier alpha value is -1.50. The Morgan fingerprint density at radius 3 is 2.17 bits per heavy atom. The Labute approximate surface area is 153 Å². The largest absolute Gasteiger partial charge is 0.356 e. The Morgan fingerprint density at radius 1 is 0.833 bits per heavy atom. The predicted molar refractivity (Wildman–Crippen MR) is 107 cm³/mol. The molecule has 24 heavy (non-hydrogen) atoms. The molecule has 2 nitrogen and oxygen atoms in total. The molecule has 0 aliphatic heterocycles. The number of thioether (sulfide) groups is 1. The second-order valence-electron chi connectivity index (χ2n) is 5.38. The van der Waals surface area contributed by atoms with Crippen molar-refractivity contribution in [3.63, 3.8) is 0 Å². The summed E-state index contributed by atoms with van der Waals surface area (Å²) in [6, 6.07) is 0. The highest BCUT2D eigenvalue weighted by molar-refractivity contribution is 8.00. The molecule has 0 atom stereocenters. The van der Waals surface area contributed by atoms with Crippen molar-refractivity contribution < 1.29 is 4.79 Å². The molecule has 0 heterocycles. The van der Waals surface area contributed by atoms with Crippen LogP contribution < -0.4 is 5.32 Å². The van der Waals surface area contributed by atoms with Gasteiger partial charge in [0.25, 0.3) is 0 Å². The topological polar surface area (TPSA) is 29.1 Å². The van der Waals surface area contributed by atoms with Crippen LogP contribution in [0.4, 0.5) is 0 Å². The summed E-state index contributed by atoms with van der Waals surface area (Å²) in [4.78, 5) is 11.2. The van der Waals surface area contributed by atoms with Gasteiger partial charge < -0.3 is 5.32 Å². The summed E-state index contributed by atoms with van der Waals surface area (Å²) in [5.41, 5.74) is 0. The minimum Gasteiger partial charge on any atom is -0.356 e.